The summed E-state index contributed by atoms with van der Waals surface area (Å²) in [7, 11) is 0. The molecule has 8 aromatic rings. The van der Waals surface area contributed by atoms with Gasteiger partial charge in [-0.1, -0.05) is 48.0 Å². The number of carbonyl (C=O) groups excluding carboxylic acids is 3. The Bertz CT molecular complexity index is 2900. The van der Waals surface area contributed by atoms with Crippen molar-refractivity contribution in [3.8, 4) is 0 Å². The van der Waals surface area contributed by atoms with Gasteiger partial charge in [0.25, 0.3) is 16.9 Å². The number of aliphatic hydroxyl groups excluding tert-OH is 4. The van der Waals surface area contributed by atoms with Crippen LogP contribution in [-0.2, 0) is 62.2 Å². The van der Waals surface area contributed by atoms with Gasteiger partial charge in [-0.05, 0) is 15.6 Å². The largest absolute Gasteiger partial charge is 0.481 e. The van der Waals surface area contributed by atoms with E-state index >= 15 is 0 Å². The maximum Gasteiger partial charge on any atom is 0.335 e. The molecule has 0 aromatic carbocycles. The number of hydrogen-bond donors (Lipinski definition) is 21. The maximum atomic E-state index is 10.5. The molecule has 0 radical (unpaired) electrons. The first kappa shape index (κ1) is 71.8. The number of aliphatic carboxylic acids is 5. The SMILES string of the molecule is NC(=O)CCc1nn[nH]n1.NC(=O)Cc1nn[nH]n1.NC(=O)c1nn[nH]n1.O=C(O)C(O)C(O)C(O)C(O)c1nn[nH]n1.O=C(O)CC(C(=O)O)c1nn[nH]n1.O=C(O)CCc1nn[nH]n1.O=C(O)CSc1nn[nH]n1.OOOSc1nn[nH]n1. The third kappa shape index (κ3) is 33.8. The number of thioether (sulfide) groups is 1. The van der Waals surface area contributed by atoms with Crippen LogP contribution >= 0.6 is 23.8 Å². The van der Waals surface area contributed by atoms with Gasteiger partial charge in [0, 0.05) is 19.3 Å². The highest BCUT2D eigenvalue weighted by atomic mass is 32.2. The molecule has 0 bridgehead atoms. The number of amides is 3. The molecule has 0 aliphatic rings. The summed E-state index contributed by atoms with van der Waals surface area (Å²) in [6, 6.07) is 0. The van der Waals surface area contributed by atoms with Gasteiger partial charge in [0.15, 0.2) is 29.4 Å². The lowest BCUT2D eigenvalue weighted by atomic mass is 10.0. The van der Waals surface area contributed by atoms with Crippen LogP contribution in [0.25, 0.3) is 0 Å². The van der Waals surface area contributed by atoms with Crippen molar-refractivity contribution in [2.24, 2.45) is 17.2 Å². The van der Waals surface area contributed by atoms with Crippen molar-refractivity contribution < 1.29 is 98.9 Å². The van der Waals surface area contributed by atoms with E-state index in [1.165, 1.54) is 0 Å². The van der Waals surface area contributed by atoms with Crippen LogP contribution in [0.1, 0.15) is 71.0 Å². The lowest BCUT2D eigenvalue weighted by Crippen LogP contribution is -2.45. The van der Waals surface area contributed by atoms with Crippen LogP contribution in [0.4, 0.5) is 0 Å². The van der Waals surface area contributed by atoms with E-state index < -0.39 is 78.4 Å². The van der Waals surface area contributed by atoms with Gasteiger partial charge in [0.1, 0.15) is 36.3 Å². The third-order valence-electron chi connectivity index (χ3n) is 7.57. The van der Waals surface area contributed by atoms with E-state index in [0.717, 1.165) is 11.8 Å². The first-order valence-electron chi connectivity index (χ1n) is 21.3. The highest BCUT2D eigenvalue weighted by molar-refractivity contribution is 7.99. The van der Waals surface area contributed by atoms with Crippen molar-refractivity contribution in [3.63, 3.8) is 0 Å². The molecule has 8 heterocycles. The number of primary amides is 3. The molecular weight excluding hydrogens is 1210 g/mol. The number of carboxylic acid groups (broad SMARTS) is 5. The first-order valence-corrected chi connectivity index (χ1v) is 23.0. The number of hydrogen-bond acceptors (Lipinski definition) is 41. The van der Waals surface area contributed by atoms with Gasteiger partial charge in [0.2, 0.25) is 22.8 Å². The minimum atomic E-state index is -2.23. The number of carboxylic acids is 5. The van der Waals surface area contributed by atoms with E-state index in [1.807, 2.05) is 5.21 Å². The summed E-state index contributed by atoms with van der Waals surface area (Å²) < 4.78 is 3.97. The normalized spacial score (nSPS) is 11.7. The molecule has 0 aliphatic carbocycles. The van der Waals surface area contributed by atoms with E-state index in [9.17, 15) is 53.7 Å². The minimum absolute atomic E-state index is 0.0382. The predicted octanol–water partition coefficient (Wildman–Crippen LogP) is -11.4. The number of carbonyl (C=O) groups is 8. The Labute approximate surface area is 471 Å². The van der Waals surface area contributed by atoms with Crippen LogP contribution in [0.3, 0.4) is 0 Å². The van der Waals surface area contributed by atoms with E-state index in [1.54, 1.807) is 0 Å². The van der Waals surface area contributed by atoms with Crippen molar-refractivity contribution in [1.82, 2.24) is 165 Å². The van der Waals surface area contributed by atoms with Gasteiger partial charge in [-0.15, -0.1) is 80.8 Å². The van der Waals surface area contributed by atoms with Crippen LogP contribution in [0.5, 0.6) is 0 Å². The number of aromatic amines is 8. The quantitative estimate of drug-likeness (QED) is 0.0116. The zero-order valence-corrected chi connectivity index (χ0v) is 43.3. The van der Waals surface area contributed by atoms with Crippen molar-refractivity contribution >= 4 is 71.4 Å². The van der Waals surface area contributed by atoms with Crippen molar-refractivity contribution in [1.29, 1.82) is 0 Å². The van der Waals surface area contributed by atoms with Gasteiger partial charge in [-0.25, -0.2) is 10.1 Å². The van der Waals surface area contributed by atoms with Crippen molar-refractivity contribution in [2.45, 2.75) is 79.2 Å². The Morgan fingerprint density at radius 2 is 0.953 bits per heavy atom. The number of tetrazole rings is 8. The van der Waals surface area contributed by atoms with E-state index in [4.69, 9.17) is 53.1 Å². The summed E-state index contributed by atoms with van der Waals surface area (Å²) in [5.41, 5.74) is 14.4. The Hall–Kier alpha value is -11.3. The van der Waals surface area contributed by atoms with Gasteiger partial charge < -0.3 is 63.2 Å². The number of rotatable bonds is 24. The topological polar surface area (TPSA) is 871 Å². The third-order valence-corrected chi connectivity index (χ3v) is 8.84. The molecule has 8 rings (SSSR count). The number of nitrogens with zero attached hydrogens (tertiary/aromatic N) is 24. The second-order valence-electron chi connectivity index (χ2n) is 13.6. The number of aromatic nitrogens is 32. The van der Waals surface area contributed by atoms with E-state index in [2.05, 4.69) is 169 Å². The Balaban J connectivity index is 0.000000490. The molecule has 0 aliphatic heterocycles. The van der Waals surface area contributed by atoms with E-state index in [-0.39, 0.29) is 53.6 Å². The molecule has 3 amide bonds. The minimum Gasteiger partial charge on any atom is -0.481 e. The molecule has 0 spiro atoms. The van der Waals surface area contributed by atoms with Gasteiger partial charge in [0.05, 0.1) is 25.0 Å². The number of aryl methyl sites for hydroxylation is 2. The summed E-state index contributed by atoms with van der Waals surface area (Å²) in [4.78, 5) is 81.6. The van der Waals surface area contributed by atoms with Crippen LogP contribution in [0.15, 0.2) is 10.3 Å². The first-order chi connectivity index (χ1) is 40.4. The molecule has 57 heteroatoms. The molecule has 0 fully saturated rings. The second kappa shape index (κ2) is 41.7. The summed E-state index contributed by atoms with van der Waals surface area (Å²) in [5.74, 6) is -8.07. The monoisotopic (exact) mass is 1250 g/mol. The van der Waals surface area contributed by atoms with Crippen molar-refractivity contribution in [3.05, 3.63) is 34.9 Å². The van der Waals surface area contributed by atoms with Crippen molar-refractivity contribution in [2.75, 3.05) is 5.75 Å². The molecular formula is C28H43N35O20S2. The lowest BCUT2D eigenvalue weighted by molar-refractivity contribution is -0.432. The van der Waals surface area contributed by atoms with Crippen LogP contribution in [0, 0.1) is 0 Å². The van der Waals surface area contributed by atoms with Gasteiger partial charge in [-0.2, -0.15) is 41.7 Å². The summed E-state index contributed by atoms with van der Waals surface area (Å²) >= 11 is 1.66. The fraction of sp³-hybridized carbons (Fsp3) is 0.429. The predicted molar refractivity (Wildman–Crippen MR) is 251 cm³/mol. The highest BCUT2D eigenvalue weighted by Gasteiger charge is 2.36. The highest BCUT2D eigenvalue weighted by Crippen LogP contribution is 2.17. The number of H-pyrrole nitrogens is 8. The Kier molecular flexibility index (Phi) is 35.2. The maximum absolute atomic E-state index is 10.5. The molecule has 55 nitrogen and oxygen atoms in total. The van der Waals surface area contributed by atoms with Gasteiger partial charge in [-0.3, -0.25) is 33.6 Å². The fourth-order valence-electron chi connectivity index (χ4n) is 4.03. The van der Waals surface area contributed by atoms with Crippen LogP contribution < -0.4 is 17.2 Å². The number of aliphatic hydroxyl groups is 4. The average molecular weight is 1250 g/mol. The summed E-state index contributed by atoms with van der Waals surface area (Å²) in [6.45, 7) is 0. The molecule has 85 heavy (non-hydrogen) atoms. The Morgan fingerprint density at radius 1 is 0.482 bits per heavy atom. The number of nitrogens with two attached hydrogens (primary N) is 3. The zero-order valence-electron chi connectivity index (χ0n) is 41.7. The summed E-state index contributed by atoms with van der Waals surface area (Å²) in [5, 5.41) is 188. The van der Waals surface area contributed by atoms with E-state index in [0.29, 0.717) is 47.5 Å². The van der Waals surface area contributed by atoms with Crippen LogP contribution in [-0.4, -0.2) is 288 Å². The molecule has 8 aromatic heterocycles. The lowest BCUT2D eigenvalue weighted by Gasteiger charge is -2.22. The number of nitrogens with one attached hydrogen (secondary N) is 8. The molecule has 24 N–H and O–H groups in total. The zero-order chi connectivity index (χ0) is 63.5. The summed E-state index contributed by atoms with van der Waals surface area (Å²) in [6.07, 6.45) is -7.46. The molecule has 0 saturated carbocycles. The molecule has 462 valence electrons. The van der Waals surface area contributed by atoms with Gasteiger partial charge >= 0.3 is 29.8 Å². The second-order valence-corrected chi connectivity index (χ2v) is 15.2. The van der Waals surface area contributed by atoms with Crippen LogP contribution in [0.2, 0.25) is 0 Å². The smallest absolute Gasteiger partial charge is 0.335 e. The molecule has 0 saturated heterocycles. The Morgan fingerprint density at radius 3 is 1.33 bits per heavy atom. The fourth-order valence-corrected chi connectivity index (χ4v) is 4.73. The molecule has 5 atom stereocenters. The standard InChI is InChI=1S/C6H10N4O6.C5H6N4O4.C4H7N5O.C4H6N4O2.C3H5N5O.C3H4N4O2S.C2H3N5O.CH2N4O3S/c11-1(2(12)4(14)6(15)16)3(13)5-7-9-10-8-5;10-3(11)1-2(5(12)13)4-6-8-9-7-4;5-3(10)1-2-4-6-8-9-7-4;9-4(10)2-1-3-5-7-8-6-3;4-2(9)1-3-5-7-8-6-3;8-2(9)1-10-3-4-6-7-5-3;3-1(8)2-4-6-7-5-2;6-7-8-9-1-2-4-5-3-1/h1-4,11-14H,(H,15,16)(H,7,8,9,10);2H,1H2,(H,10,11)(H,12,13)(H,6,7,8,9);1-2H2,(H2,5,10)(H,6,7,8,9);1-2H2,(H,9,10)(H,5,6,7,8);1H2,(H2,4,9)(H,5,6,7,8);1H2,(H,8,9)(H,4,5,6,7);(H2,3,8)(H,4,5,6,7);6H,(H,2,3,4,5). The average Bonchev–Trinajstić information content (AvgIpc) is 4.55. The molecule has 5 unspecified atom stereocenters.